The van der Waals surface area contributed by atoms with Crippen molar-refractivity contribution in [3.63, 3.8) is 0 Å². The molecule has 1 heterocycles. The number of halogens is 3. The van der Waals surface area contributed by atoms with E-state index < -0.39 is 0 Å². The average Bonchev–Trinajstić information content (AvgIpc) is 2.95. The maximum Gasteiger partial charge on any atom is 0.168 e. The van der Waals surface area contributed by atoms with E-state index in [1.54, 1.807) is 12.1 Å². The van der Waals surface area contributed by atoms with Gasteiger partial charge in [-0.05, 0) is 46.3 Å². The van der Waals surface area contributed by atoms with E-state index in [9.17, 15) is 4.39 Å². The summed E-state index contributed by atoms with van der Waals surface area (Å²) in [6.07, 6.45) is 0. The van der Waals surface area contributed by atoms with E-state index in [0.717, 1.165) is 5.69 Å². The molecule has 3 rings (SSSR count). The molecular formula is C15H10BrClFN3. The largest absolute Gasteiger partial charge is 0.278 e. The molecule has 0 aliphatic rings. The maximum atomic E-state index is 13.8. The highest BCUT2D eigenvalue weighted by molar-refractivity contribution is 9.10. The summed E-state index contributed by atoms with van der Waals surface area (Å²) in [6.45, 7) is 0. The summed E-state index contributed by atoms with van der Waals surface area (Å²) in [5.74, 6) is 1.05. The van der Waals surface area contributed by atoms with Gasteiger partial charge < -0.3 is 0 Å². The van der Waals surface area contributed by atoms with Crippen LogP contribution in [0.2, 0.25) is 0 Å². The van der Waals surface area contributed by atoms with Gasteiger partial charge in [0.05, 0.1) is 10.4 Å². The van der Waals surface area contributed by atoms with Crippen LogP contribution in [0.3, 0.4) is 0 Å². The van der Waals surface area contributed by atoms with Crippen molar-refractivity contribution >= 4 is 27.5 Å². The summed E-state index contributed by atoms with van der Waals surface area (Å²) in [7, 11) is 0. The van der Waals surface area contributed by atoms with Crippen LogP contribution in [0.5, 0.6) is 0 Å². The van der Waals surface area contributed by atoms with E-state index in [1.165, 1.54) is 6.07 Å². The predicted molar refractivity (Wildman–Crippen MR) is 84.0 cm³/mol. The first-order valence-electron chi connectivity index (χ1n) is 6.22. The van der Waals surface area contributed by atoms with Crippen LogP contribution in [-0.4, -0.2) is 14.8 Å². The van der Waals surface area contributed by atoms with Crippen molar-refractivity contribution in [2.75, 3.05) is 0 Å². The van der Waals surface area contributed by atoms with Gasteiger partial charge in [-0.2, -0.15) is 0 Å². The number of nitrogens with zero attached hydrogens (tertiary/aromatic N) is 3. The zero-order valence-corrected chi connectivity index (χ0v) is 13.1. The number of para-hydroxylation sites is 1. The molecule has 6 heteroatoms. The summed E-state index contributed by atoms with van der Waals surface area (Å²) in [5, 5.41) is 8.24. The number of alkyl halides is 1. The van der Waals surface area contributed by atoms with Crippen molar-refractivity contribution in [1.29, 1.82) is 0 Å². The van der Waals surface area contributed by atoms with Gasteiger partial charge in [-0.3, -0.25) is 4.57 Å². The Hall–Kier alpha value is -1.72. The molecule has 0 aliphatic carbocycles. The van der Waals surface area contributed by atoms with Crippen molar-refractivity contribution in [2.45, 2.75) is 5.88 Å². The highest BCUT2D eigenvalue weighted by Gasteiger charge is 2.15. The Bertz CT molecular complexity index is 774. The van der Waals surface area contributed by atoms with Crippen molar-refractivity contribution in [3.8, 4) is 17.1 Å². The summed E-state index contributed by atoms with van der Waals surface area (Å²) in [4.78, 5) is 0. The lowest BCUT2D eigenvalue weighted by Crippen LogP contribution is -2.01. The van der Waals surface area contributed by atoms with E-state index in [2.05, 4.69) is 26.1 Å². The Morgan fingerprint density at radius 2 is 1.86 bits per heavy atom. The molecule has 0 fully saturated rings. The number of rotatable bonds is 3. The van der Waals surface area contributed by atoms with E-state index in [1.807, 2.05) is 34.9 Å². The second-order valence-electron chi connectivity index (χ2n) is 4.37. The summed E-state index contributed by atoms with van der Waals surface area (Å²) in [5.41, 5.74) is 1.53. The van der Waals surface area contributed by atoms with Crippen LogP contribution >= 0.6 is 27.5 Å². The molecule has 0 radical (unpaired) electrons. The summed E-state index contributed by atoms with van der Waals surface area (Å²) < 4.78 is 16.0. The summed E-state index contributed by atoms with van der Waals surface area (Å²) in [6, 6.07) is 14.5. The molecule has 0 atom stereocenters. The third-order valence-electron chi connectivity index (χ3n) is 3.04. The molecule has 0 amide bonds. The molecule has 0 saturated carbocycles. The Morgan fingerprint density at radius 1 is 1.10 bits per heavy atom. The van der Waals surface area contributed by atoms with Crippen LogP contribution < -0.4 is 0 Å². The first-order valence-corrected chi connectivity index (χ1v) is 7.54. The number of hydrogen-bond acceptors (Lipinski definition) is 2. The van der Waals surface area contributed by atoms with Gasteiger partial charge in [0, 0.05) is 11.3 Å². The molecule has 3 nitrogen and oxygen atoms in total. The molecule has 3 aromatic rings. The fourth-order valence-corrected chi connectivity index (χ4v) is 2.49. The lowest BCUT2D eigenvalue weighted by Gasteiger charge is -2.09. The van der Waals surface area contributed by atoms with Crippen LogP contribution in [0.15, 0.2) is 53.0 Å². The van der Waals surface area contributed by atoms with Crippen LogP contribution in [-0.2, 0) is 5.88 Å². The molecule has 106 valence electrons. The Morgan fingerprint density at radius 3 is 2.52 bits per heavy atom. The average molecular weight is 367 g/mol. The number of hydrogen-bond donors (Lipinski definition) is 0. The van der Waals surface area contributed by atoms with Crippen molar-refractivity contribution in [1.82, 2.24) is 14.8 Å². The molecule has 1 aromatic heterocycles. The van der Waals surface area contributed by atoms with E-state index in [0.29, 0.717) is 21.7 Å². The van der Waals surface area contributed by atoms with Crippen LogP contribution in [0.4, 0.5) is 4.39 Å². The number of aromatic nitrogens is 3. The predicted octanol–water partition coefficient (Wildman–Crippen LogP) is 4.57. The SMILES string of the molecule is Fc1cc(-c2nnc(CCl)n2-c2ccccc2)ccc1Br. The minimum Gasteiger partial charge on any atom is -0.278 e. The van der Waals surface area contributed by atoms with Gasteiger partial charge in [0.15, 0.2) is 11.6 Å². The van der Waals surface area contributed by atoms with E-state index in [4.69, 9.17) is 11.6 Å². The third-order valence-corrected chi connectivity index (χ3v) is 3.92. The lowest BCUT2D eigenvalue weighted by atomic mass is 10.2. The molecule has 21 heavy (non-hydrogen) atoms. The number of benzene rings is 2. The zero-order valence-electron chi connectivity index (χ0n) is 10.8. The lowest BCUT2D eigenvalue weighted by molar-refractivity contribution is 0.621. The smallest absolute Gasteiger partial charge is 0.168 e. The van der Waals surface area contributed by atoms with Gasteiger partial charge in [0.2, 0.25) is 0 Å². The normalized spacial score (nSPS) is 10.8. The van der Waals surface area contributed by atoms with Crippen molar-refractivity contribution in [2.24, 2.45) is 0 Å². The maximum absolute atomic E-state index is 13.8. The second kappa shape index (κ2) is 5.95. The molecular weight excluding hydrogens is 357 g/mol. The quantitative estimate of drug-likeness (QED) is 0.636. The van der Waals surface area contributed by atoms with Gasteiger partial charge in [-0.25, -0.2) is 4.39 Å². The van der Waals surface area contributed by atoms with Gasteiger partial charge in [0.25, 0.3) is 0 Å². The van der Waals surface area contributed by atoms with Gasteiger partial charge in [-0.1, -0.05) is 18.2 Å². The fourth-order valence-electron chi connectivity index (χ4n) is 2.07. The molecule has 2 aromatic carbocycles. The molecule has 0 saturated heterocycles. The first-order chi connectivity index (χ1) is 10.2. The molecule has 0 unspecified atom stereocenters. The standard InChI is InChI=1S/C15H10BrClFN3/c16-12-7-6-10(8-13(12)18)15-20-19-14(9-17)21(15)11-4-2-1-3-5-11/h1-8H,9H2. The minimum atomic E-state index is -0.345. The Kier molecular flexibility index (Phi) is 4.03. The monoisotopic (exact) mass is 365 g/mol. The van der Waals surface area contributed by atoms with E-state index in [-0.39, 0.29) is 11.7 Å². The van der Waals surface area contributed by atoms with Crippen molar-refractivity contribution < 1.29 is 4.39 Å². The molecule has 0 N–H and O–H groups in total. The molecule has 0 aliphatic heterocycles. The van der Waals surface area contributed by atoms with Crippen LogP contribution in [0.1, 0.15) is 5.82 Å². The molecule has 0 spiro atoms. The van der Waals surface area contributed by atoms with Crippen molar-refractivity contribution in [3.05, 3.63) is 64.6 Å². The fraction of sp³-hybridized carbons (Fsp3) is 0.0667. The topological polar surface area (TPSA) is 30.7 Å². The van der Waals surface area contributed by atoms with Crippen LogP contribution in [0.25, 0.3) is 17.1 Å². The Balaban J connectivity index is 2.20. The van der Waals surface area contributed by atoms with Gasteiger partial charge >= 0.3 is 0 Å². The second-order valence-corrected chi connectivity index (χ2v) is 5.49. The highest BCUT2D eigenvalue weighted by Crippen LogP contribution is 2.26. The van der Waals surface area contributed by atoms with Gasteiger partial charge in [0.1, 0.15) is 5.82 Å². The van der Waals surface area contributed by atoms with E-state index >= 15 is 0 Å². The first kappa shape index (κ1) is 14.2. The Labute approximate surface area is 134 Å². The molecule has 0 bridgehead atoms. The van der Waals surface area contributed by atoms with Crippen LogP contribution in [0, 0.1) is 5.82 Å². The van der Waals surface area contributed by atoms with Gasteiger partial charge in [-0.15, -0.1) is 21.8 Å². The zero-order chi connectivity index (χ0) is 14.8. The summed E-state index contributed by atoms with van der Waals surface area (Å²) >= 11 is 9.08. The third kappa shape index (κ3) is 2.71. The minimum absolute atomic E-state index is 0.223. The highest BCUT2D eigenvalue weighted by atomic mass is 79.9.